The zero-order valence-corrected chi connectivity index (χ0v) is 6.66. The summed E-state index contributed by atoms with van der Waals surface area (Å²) < 4.78 is 0. The minimum absolute atomic E-state index is 0.0637. The molecule has 1 amide bonds. The second-order valence-corrected chi connectivity index (χ2v) is 2.56. The summed E-state index contributed by atoms with van der Waals surface area (Å²) in [6.07, 6.45) is 3.46. The fourth-order valence-corrected chi connectivity index (χ4v) is 1.29. The first-order valence-corrected chi connectivity index (χ1v) is 3.76. The number of pyridine rings is 1. The van der Waals surface area contributed by atoms with Gasteiger partial charge in [0.2, 0.25) is 0 Å². The number of carbonyl (C=O) groups is 1. The summed E-state index contributed by atoms with van der Waals surface area (Å²) in [4.78, 5) is 15.4. The molecule has 0 saturated carbocycles. The molecule has 1 aliphatic rings. The Kier molecular flexibility index (Phi) is 1.43. The van der Waals surface area contributed by atoms with E-state index in [1.54, 1.807) is 18.3 Å². The summed E-state index contributed by atoms with van der Waals surface area (Å²) in [6.45, 7) is 1.83. The minimum atomic E-state index is -0.0637. The maximum absolute atomic E-state index is 11.2. The van der Waals surface area contributed by atoms with E-state index in [9.17, 15) is 4.79 Å². The molecule has 60 valence electrons. The van der Waals surface area contributed by atoms with Gasteiger partial charge in [-0.15, -0.1) is 0 Å². The topological polar surface area (TPSA) is 42.0 Å². The largest absolute Gasteiger partial charge is 0.320 e. The number of nitrogens with zero attached hydrogens (tertiary/aromatic N) is 1. The highest BCUT2D eigenvalue weighted by atomic mass is 16.2. The van der Waals surface area contributed by atoms with Gasteiger partial charge in [0.1, 0.15) is 0 Å². The number of hydrogen-bond donors (Lipinski definition) is 1. The molecule has 1 aromatic heterocycles. The highest BCUT2D eigenvalue weighted by Crippen LogP contribution is 2.28. The second-order valence-electron chi connectivity index (χ2n) is 2.56. The highest BCUT2D eigenvalue weighted by molar-refractivity contribution is 6.30. The molecule has 1 aliphatic heterocycles. The smallest absolute Gasteiger partial charge is 0.257 e. The molecular weight excluding hydrogens is 152 g/mol. The fraction of sp³-hybridized carbons (Fsp3) is 0.111. The zero-order valence-electron chi connectivity index (χ0n) is 6.66. The molecule has 1 N–H and O–H groups in total. The van der Waals surface area contributed by atoms with Crippen molar-refractivity contribution >= 4 is 17.2 Å². The third-order valence-electron chi connectivity index (χ3n) is 1.84. The summed E-state index contributed by atoms with van der Waals surface area (Å²) in [5.74, 6) is -0.0637. The Morgan fingerprint density at radius 2 is 2.42 bits per heavy atom. The number of anilines is 1. The van der Waals surface area contributed by atoms with Gasteiger partial charge >= 0.3 is 0 Å². The maximum Gasteiger partial charge on any atom is 0.257 e. The molecule has 12 heavy (non-hydrogen) atoms. The predicted octanol–water partition coefficient (Wildman–Crippen LogP) is 1.44. The summed E-state index contributed by atoms with van der Waals surface area (Å²) >= 11 is 0. The SMILES string of the molecule is C/C=C1\C(=O)Nc2cccnc21. The van der Waals surface area contributed by atoms with E-state index >= 15 is 0 Å². The lowest BCUT2D eigenvalue weighted by molar-refractivity contribution is -0.110. The van der Waals surface area contributed by atoms with Crippen LogP contribution in [0.15, 0.2) is 24.4 Å². The average molecular weight is 160 g/mol. The predicted molar refractivity (Wildman–Crippen MR) is 46.5 cm³/mol. The molecule has 0 bridgehead atoms. The van der Waals surface area contributed by atoms with Crippen LogP contribution >= 0.6 is 0 Å². The minimum Gasteiger partial charge on any atom is -0.320 e. The maximum atomic E-state index is 11.2. The van der Waals surface area contributed by atoms with Crippen LogP contribution in [-0.4, -0.2) is 10.9 Å². The van der Waals surface area contributed by atoms with E-state index < -0.39 is 0 Å². The standard InChI is InChI=1S/C9H8N2O/c1-2-6-8-7(11-9(6)12)4-3-5-10-8/h2-5H,1H3,(H,11,12)/b6-2-. The summed E-state index contributed by atoms with van der Waals surface area (Å²) in [5, 5.41) is 2.73. The normalized spacial score (nSPS) is 17.8. The second kappa shape index (κ2) is 2.44. The number of carbonyl (C=O) groups excluding carboxylic acids is 1. The van der Waals surface area contributed by atoms with Gasteiger partial charge in [-0.05, 0) is 19.1 Å². The van der Waals surface area contributed by atoms with Crippen LogP contribution in [0.4, 0.5) is 5.69 Å². The lowest BCUT2D eigenvalue weighted by Gasteiger charge is -1.92. The van der Waals surface area contributed by atoms with Crippen LogP contribution in [0.2, 0.25) is 0 Å². The summed E-state index contributed by atoms with van der Waals surface area (Å²) in [5.41, 5.74) is 2.21. The number of amides is 1. The molecule has 0 spiro atoms. The number of nitrogens with one attached hydrogen (secondary N) is 1. The van der Waals surface area contributed by atoms with Gasteiger partial charge < -0.3 is 5.32 Å². The molecule has 0 saturated heterocycles. The summed E-state index contributed by atoms with van der Waals surface area (Å²) in [6, 6.07) is 3.65. The van der Waals surface area contributed by atoms with Crippen molar-refractivity contribution in [2.75, 3.05) is 5.32 Å². The van der Waals surface area contributed by atoms with E-state index in [1.807, 2.05) is 13.0 Å². The van der Waals surface area contributed by atoms with Gasteiger partial charge in [-0.3, -0.25) is 9.78 Å². The number of fused-ring (bicyclic) bond motifs is 1. The number of hydrogen-bond acceptors (Lipinski definition) is 2. The fourth-order valence-electron chi connectivity index (χ4n) is 1.29. The first-order valence-electron chi connectivity index (χ1n) is 3.76. The number of rotatable bonds is 0. The lowest BCUT2D eigenvalue weighted by Crippen LogP contribution is -2.03. The van der Waals surface area contributed by atoms with Crippen LogP contribution in [0, 0.1) is 0 Å². The van der Waals surface area contributed by atoms with Crippen molar-refractivity contribution < 1.29 is 4.79 Å². The van der Waals surface area contributed by atoms with E-state index in [0.29, 0.717) is 5.57 Å². The first-order chi connectivity index (χ1) is 5.83. The molecule has 0 fully saturated rings. The van der Waals surface area contributed by atoms with E-state index in [1.165, 1.54) is 0 Å². The molecule has 0 unspecified atom stereocenters. The molecule has 0 atom stereocenters. The van der Waals surface area contributed by atoms with E-state index in [2.05, 4.69) is 10.3 Å². The third-order valence-corrected chi connectivity index (χ3v) is 1.84. The van der Waals surface area contributed by atoms with Crippen molar-refractivity contribution in [2.24, 2.45) is 0 Å². The van der Waals surface area contributed by atoms with Gasteiger partial charge in [0.05, 0.1) is 17.0 Å². The highest BCUT2D eigenvalue weighted by Gasteiger charge is 2.23. The summed E-state index contributed by atoms with van der Waals surface area (Å²) in [7, 11) is 0. The van der Waals surface area contributed by atoms with Crippen LogP contribution in [-0.2, 0) is 4.79 Å². The number of allylic oxidation sites excluding steroid dienone is 1. The molecular formula is C9H8N2O. The molecule has 2 rings (SSSR count). The van der Waals surface area contributed by atoms with Gasteiger partial charge in [-0.1, -0.05) is 6.08 Å². The van der Waals surface area contributed by atoms with Crippen molar-refractivity contribution in [2.45, 2.75) is 6.92 Å². The Labute approximate surface area is 70.1 Å². The third kappa shape index (κ3) is 0.830. The Balaban J connectivity index is 2.62. The van der Waals surface area contributed by atoms with Gasteiger partial charge in [-0.2, -0.15) is 0 Å². The van der Waals surface area contributed by atoms with E-state index in [-0.39, 0.29) is 5.91 Å². The van der Waals surface area contributed by atoms with E-state index in [4.69, 9.17) is 0 Å². The number of aromatic nitrogens is 1. The Hall–Kier alpha value is -1.64. The van der Waals surface area contributed by atoms with Crippen molar-refractivity contribution in [3.8, 4) is 0 Å². The van der Waals surface area contributed by atoms with Crippen LogP contribution < -0.4 is 5.32 Å². The monoisotopic (exact) mass is 160 g/mol. The first kappa shape index (κ1) is 7.03. The molecule has 2 heterocycles. The van der Waals surface area contributed by atoms with Crippen LogP contribution in [0.1, 0.15) is 12.6 Å². The quantitative estimate of drug-likeness (QED) is 0.583. The molecule has 3 heteroatoms. The van der Waals surface area contributed by atoms with Gasteiger partial charge in [-0.25, -0.2) is 0 Å². The molecule has 3 nitrogen and oxygen atoms in total. The molecule has 0 radical (unpaired) electrons. The molecule has 0 aromatic carbocycles. The zero-order chi connectivity index (χ0) is 8.55. The van der Waals surface area contributed by atoms with Crippen molar-refractivity contribution in [3.05, 3.63) is 30.1 Å². The average Bonchev–Trinajstić information content (AvgIpc) is 2.40. The van der Waals surface area contributed by atoms with Gasteiger partial charge in [0, 0.05) is 6.20 Å². The van der Waals surface area contributed by atoms with Crippen LogP contribution in [0.3, 0.4) is 0 Å². The van der Waals surface area contributed by atoms with Gasteiger partial charge in [0.25, 0.3) is 5.91 Å². The van der Waals surface area contributed by atoms with Gasteiger partial charge in [0.15, 0.2) is 0 Å². The Morgan fingerprint density at radius 1 is 1.58 bits per heavy atom. The molecule has 0 aliphatic carbocycles. The Bertz CT molecular complexity index is 369. The van der Waals surface area contributed by atoms with Crippen LogP contribution in [0.25, 0.3) is 5.57 Å². The lowest BCUT2D eigenvalue weighted by atomic mass is 10.2. The van der Waals surface area contributed by atoms with E-state index in [0.717, 1.165) is 11.4 Å². The Morgan fingerprint density at radius 3 is 3.17 bits per heavy atom. The van der Waals surface area contributed by atoms with Crippen molar-refractivity contribution in [3.63, 3.8) is 0 Å². The van der Waals surface area contributed by atoms with Crippen molar-refractivity contribution in [1.82, 2.24) is 4.98 Å². The van der Waals surface area contributed by atoms with Crippen LogP contribution in [0.5, 0.6) is 0 Å². The molecule has 1 aromatic rings. The van der Waals surface area contributed by atoms with Crippen molar-refractivity contribution in [1.29, 1.82) is 0 Å².